The largest absolute Gasteiger partial charge is 0.416 e. The molecule has 2 aromatic heterocycles. The molecule has 0 bridgehead atoms. The Balaban J connectivity index is 1.67. The minimum absolute atomic E-state index is 0.264. The molecule has 2 N–H and O–H groups in total. The van der Waals surface area contributed by atoms with Crippen LogP contribution in [0.25, 0.3) is 22.0 Å². The number of pyridine rings is 2. The third-order valence-corrected chi connectivity index (χ3v) is 4.83. The van der Waals surface area contributed by atoms with Crippen molar-refractivity contribution in [3.05, 3.63) is 54.4 Å². The number of anilines is 1. The molecule has 0 aliphatic carbocycles. The second-order valence-corrected chi connectivity index (χ2v) is 6.88. The van der Waals surface area contributed by atoms with Crippen LogP contribution in [0.1, 0.15) is 12.0 Å². The van der Waals surface area contributed by atoms with E-state index < -0.39 is 17.3 Å². The molecule has 146 valence electrons. The minimum Gasteiger partial charge on any atom is -0.386 e. The van der Waals surface area contributed by atoms with Gasteiger partial charge in [0, 0.05) is 42.9 Å². The third kappa shape index (κ3) is 3.65. The molecular weight excluding hydrogens is 371 g/mol. The van der Waals surface area contributed by atoms with Gasteiger partial charge >= 0.3 is 6.18 Å². The Morgan fingerprint density at radius 1 is 1.14 bits per heavy atom. The van der Waals surface area contributed by atoms with Crippen LogP contribution in [-0.2, 0) is 10.9 Å². The SMILES string of the molecule is OC1(CNc2ncc(-c3ccc(C(F)(F)F)cc3)c3ncccc23)CCOC1. The third-order valence-electron chi connectivity index (χ3n) is 4.83. The standard InChI is InChI=1S/C20H18F3N3O2/c21-20(22,23)14-5-3-13(4-6-14)16-10-25-18(15-2-1-8-24-17(15)16)26-11-19(27)7-9-28-12-19/h1-6,8,10,27H,7,9,11-12H2,(H,25,26). The average molecular weight is 389 g/mol. The van der Waals surface area contributed by atoms with E-state index in [1.54, 1.807) is 18.5 Å². The molecule has 0 amide bonds. The van der Waals surface area contributed by atoms with Crippen LogP contribution in [-0.4, -0.2) is 40.4 Å². The van der Waals surface area contributed by atoms with E-state index in [1.807, 2.05) is 6.07 Å². The highest BCUT2D eigenvalue weighted by molar-refractivity contribution is 5.99. The number of nitrogens with one attached hydrogen (secondary N) is 1. The Labute approximate surface area is 159 Å². The summed E-state index contributed by atoms with van der Waals surface area (Å²) in [5, 5.41) is 14.3. The summed E-state index contributed by atoms with van der Waals surface area (Å²) in [5.74, 6) is 0.555. The fourth-order valence-electron chi connectivity index (χ4n) is 3.25. The molecule has 1 aliphatic heterocycles. The molecule has 3 aromatic rings. The number of halogens is 3. The van der Waals surface area contributed by atoms with Crippen LogP contribution in [0.4, 0.5) is 19.0 Å². The summed E-state index contributed by atoms with van der Waals surface area (Å²) in [4.78, 5) is 8.82. The number of aliphatic hydroxyl groups is 1. The predicted molar refractivity (Wildman–Crippen MR) is 98.9 cm³/mol. The number of aromatic nitrogens is 2. The summed E-state index contributed by atoms with van der Waals surface area (Å²) in [6.07, 6.45) is -0.637. The Hall–Kier alpha value is -2.71. The lowest BCUT2D eigenvalue weighted by Gasteiger charge is -2.21. The first-order valence-corrected chi connectivity index (χ1v) is 8.81. The van der Waals surface area contributed by atoms with Crippen LogP contribution in [0.15, 0.2) is 48.8 Å². The van der Waals surface area contributed by atoms with E-state index in [-0.39, 0.29) is 13.2 Å². The molecule has 0 radical (unpaired) electrons. The Morgan fingerprint density at radius 3 is 2.61 bits per heavy atom. The van der Waals surface area contributed by atoms with Gasteiger partial charge in [-0.05, 0) is 29.8 Å². The van der Waals surface area contributed by atoms with Gasteiger partial charge in [-0.2, -0.15) is 13.2 Å². The molecule has 28 heavy (non-hydrogen) atoms. The maximum atomic E-state index is 12.8. The molecule has 1 saturated heterocycles. The van der Waals surface area contributed by atoms with Gasteiger partial charge in [0.05, 0.1) is 17.7 Å². The van der Waals surface area contributed by atoms with E-state index in [0.29, 0.717) is 35.5 Å². The summed E-state index contributed by atoms with van der Waals surface area (Å²) >= 11 is 0. The van der Waals surface area contributed by atoms with Gasteiger partial charge in [0.2, 0.25) is 0 Å². The van der Waals surface area contributed by atoms with E-state index in [2.05, 4.69) is 15.3 Å². The summed E-state index contributed by atoms with van der Waals surface area (Å²) in [6, 6.07) is 8.52. The first kappa shape index (κ1) is 18.6. The molecule has 5 nitrogen and oxygen atoms in total. The molecule has 1 aliphatic rings. The molecule has 1 fully saturated rings. The zero-order valence-electron chi connectivity index (χ0n) is 14.8. The second kappa shape index (κ2) is 7.03. The number of nitrogens with zero attached hydrogens (tertiary/aromatic N) is 2. The normalized spacial score (nSPS) is 19.9. The van der Waals surface area contributed by atoms with Gasteiger partial charge in [0.15, 0.2) is 0 Å². The summed E-state index contributed by atoms with van der Waals surface area (Å²) in [7, 11) is 0. The lowest BCUT2D eigenvalue weighted by atomic mass is 10.0. The van der Waals surface area contributed by atoms with Gasteiger partial charge in [-0.15, -0.1) is 0 Å². The molecule has 3 heterocycles. The van der Waals surface area contributed by atoms with Crippen molar-refractivity contribution in [3.8, 4) is 11.1 Å². The van der Waals surface area contributed by atoms with E-state index in [9.17, 15) is 18.3 Å². The molecule has 1 aromatic carbocycles. The molecular formula is C20H18F3N3O2. The highest BCUT2D eigenvalue weighted by atomic mass is 19.4. The molecule has 0 spiro atoms. The fourth-order valence-corrected chi connectivity index (χ4v) is 3.25. The van der Waals surface area contributed by atoms with E-state index in [1.165, 1.54) is 12.1 Å². The summed E-state index contributed by atoms with van der Waals surface area (Å²) in [5.41, 5.74) is 0.208. The van der Waals surface area contributed by atoms with Gasteiger partial charge in [0.25, 0.3) is 0 Å². The number of hydrogen-bond donors (Lipinski definition) is 2. The number of fused-ring (bicyclic) bond motifs is 1. The Morgan fingerprint density at radius 2 is 1.93 bits per heavy atom. The van der Waals surface area contributed by atoms with Crippen molar-refractivity contribution < 1.29 is 23.0 Å². The topological polar surface area (TPSA) is 67.3 Å². The molecule has 8 heteroatoms. The van der Waals surface area contributed by atoms with E-state index >= 15 is 0 Å². The zero-order valence-corrected chi connectivity index (χ0v) is 14.8. The highest BCUT2D eigenvalue weighted by Gasteiger charge is 2.32. The molecule has 1 unspecified atom stereocenters. The van der Waals surface area contributed by atoms with Gasteiger partial charge < -0.3 is 15.2 Å². The smallest absolute Gasteiger partial charge is 0.386 e. The van der Waals surface area contributed by atoms with E-state index in [0.717, 1.165) is 17.5 Å². The summed E-state index contributed by atoms with van der Waals surface area (Å²) in [6.45, 7) is 1.06. The zero-order chi connectivity index (χ0) is 19.8. The first-order valence-electron chi connectivity index (χ1n) is 8.81. The van der Waals surface area contributed by atoms with Crippen molar-refractivity contribution in [2.24, 2.45) is 0 Å². The van der Waals surface area contributed by atoms with Crippen molar-refractivity contribution >= 4 is 16.7 Å². The van der Waals surface area contributed by atoms with Gasteiger partial charge in [-0.25, -0.2) is 4.98 Å². The fraction of sp³-hybridized carbons (Fsp3) is 0.300. The monoisotopic (exact) mass is 389 g/mol. The second-order valence-electron chi connectivity index (χ2n) is 6.88. The maximum Gasteiger partial charge on any atom is 0.416 e. The van der Waals surface area contributed by atoms with Crippen molar-refractivity contribution in [1.29, 1.82) is 0 Å². The van der Waals surface area contributed by atoms with Crippen LogP contribution in [0.5, 0.6) is 0 Å². The predicted octanol–water partition coefficient (Wildman–Crippen LogP) is 3.88. The van der Waals surface area contributed by atoms with Gasteiger partial charge in [0.1, 0.15) is 11.4 Å². The van der Waals surface area contributed by atoms with Crippen LogP contribution in [0.2, 0.25) is 0 Å². The van der Waals surface area contributed by atoms with Crippen molar-refractivity contribution in [2.45, 2.75) is 18.2 Å². The first-order chi connectivity index (χ1) is 13.4. The summed E-state index contributed by atoms with van der Waals surface area (Å²) < 4.78 is 43.7. The number of rotatable bonds is 4. The van der Waals surface area contributed by atoms with Crippen LogP contribution < -0.4 is 5.32 Å². The van der Waals surface area contributed by atoms with Crippen LogP contribution in [0, 0.1) is 0 Å². The van der Waals surface area contributed by atoms with Crippen molar-refractivity contribution in [2.75, 3.05) is 25.1 Å². The molecule has 4 rings (SSSR count). The molecule has 1 atom stereocenters. The number of alkyl halides is 3. The van der Waals surface area contributed by atoms with Gasteiger partial charge in [-0.1, -0.05) is 12.1 Å². The quantitative estimate of drug-likeness (QED) is 0.709. The van der Waals surface area contributed by atoms with Crippen molar-refractivity contribution in [3.63, 3.8) is 0 Å². The van der Waals surface area contributed by atoms with Crippen molar-refractivity contribution in [1.82, 2.24) is 9.97 Å². The van der Waals surface area contributed by atoms with Gasteiger partial charge in [-0.3, -0.25) is 4.98 Å². The highest BCUT2D eigenvalue weighted by Crippen LogP contribution is 2.34. The number of hydrogen-bond acceptors (Lipinski definition) is 5. The van der Waals surface area contributed by atoms with Crippen LogP contribution in [0.3, 0.4) is 0 Å². The average Bonchev–Trinajstić information content (AvgIpc) is 3.12. The molecule has 0 saturated carbocycles. The van der Waals surface area contributed by atoms with E-state index in [4.69, 9.17) is 4.74 Å². The number of benzene rings is 1. The number of ether oxygens (including phenoxy) is 1. The maximum absolute atomic E-state index is 12.8. The minimum atomic E-state index is -4.38. The Bertz CT molecular complexity index is 984. The van der Waals surface area contributed by atoms with Crippen LogP contribution >= 0.6 is 0 Å². The Kier molecular flexibility index (Phi) is 4.68. The lowest BCUT2D eigenvalue weighted by molar-refractivity contribution is -0.137. The lowest BCUT2D eigenvalue weighted by Crippen LogP contribution is -2.37.